The number of para-hydroxylation sites is 1. The Labute approximate surface area is 117 Å². The fourth-order valence-electron chi connectivity index (χ4n) is 2.81. The molecule has 102 valence electrons. The van der Waals surface area contributed by atoms with E-state index in [1.807, 2.05) is 25.1 Å². The maximum Gasteiger partial charge on any atom is 0.153 e. The molecule has 1 aliphatic heterocycles. The van der Waals surface area contributed by atoms with Crippen LogP contribution in [0.2, 0.25) is 5.02 Å². The first kappa shape index (κ1) is 13.0. The Bertz CT molecular complexity index is 585. The minimum Gasteiger partial charge on any atom is -0.456 e. The summed E-state index contributed by atoms with van der Waals surface area (Å²) < 4.78 is 5.81. The Morgan fingerprint density at radius 1 is 1.47 bits per heavy atom. The number of halogens is 1. The number of fused-ring (bicyclic) bond motifs is 1. The van der Waals surface area contributed by atoms with E-state index >= 15 is 0 Å². The molecule has 1 saturated heterocycles. The Morgan fingerprint density at radius 2 is 2.32 bits per heavy atom. The van der Waals surface area contributed by atoms with Crippen molar-refractivity contribution < 1.29 is 9.52 Å². The monoisotopic (exact) mass is 279 g/mol. The minimum absolute atomic E-state index is 0.167. The van der Waals surface area contributed by atoms with E-state index in [2.05, 4.69) is 5.32 Å². The normalized spacial score (nSPS) is 23.4. The number of nitrogens with one attached hydrogen (secondary N) is 1. The van der Waals surface area contributed by atoms with Crippen LogP contribution in [-0.2, 0) is 5.60 Å². The molecule has 0 radical (unpaired) electrons. The first-order chi connectivity index (χ1) is 9.09. The van der Waals surface area contributed by atoms with Crippen LogP contribution >= 0.6 is 11.6 Å². The average Bonchev–Trinajstić information content (AvgIpc) is 2.86. The second kappa shape index (κ2) is 4.82. The highest BCUT2D eigenvalue weighted by molar-refractivity contribution is 6.34. The summed E-state index contributed by atoms with van der Waals surface area (Å²) in [7, 11) is 0. The molecule has 2 heterocycles. The number of piperidine rings is 1. The van der Waals surface area contributed by atoms with E-state index in [0.717, 1.165) is 31.3 Å². The molecule has 19 heavy (non-hydrogen) atoms. The molecular formula is C15H18ClNO2. The van der Waals surface area contributed by atoms with E-state index in [-0.39, 0.29) is 5.92 Å². The van der Waals surface area contributed by atoms with Crippen molar-refractivity contribution >= 4 is 22.6 Å². The predicted molar refractivity (Wildman–Crippen MR) is 76.4 cm³/mol. The van der Waals surface area contributed by atoms with Crippen LogP contribution in [0.4, 0.5) is 0 Å². The third-order valence-corrected chi connectivity index (χ3v) is 4.38. The molecule has 4 heteroatoms. The van der Waals surface area contributed by atoms with E-state index in [0.29, 0.717) is 16.4 Å². The average molecular weight is 280 g/mol. The largest absolute Gasteiger partial charge is 0.456 e. The summed E-state index contributed by atoms with van der Waals surface area (Å²) in [5.41, 5.74) is -0.307. The zero-order chi connectivity index (χ0) is 13.5. The molecule has 0 amide bonds. The maximum absolute atomic E-state index is 10.8. The van der Waals surface area contributed by atoms with Gasteiger partial charge in [0, 0.05) is 17.8 Å². The van der Waals surface area contributed by atoms with Crippen LogP contribution in [0.3, 0.4) is 0 Å². The van der Waals surface area contributed by atoms with Gasteiger partial charge in [0.05, 0.1) is 5.02 Å². The molecule has 0 aliphatic carbocycles. The fourth-order valence-corrected chi connectivity index (χ4v) is 3.03. The number of benzene rings is 1. The number of rotatable bonds is 2. The predicted octanol–water partition coefficient (Wildman–Crippen LogP) is 3.29. The van der Waals surface area contributed by atoms with Crippen molar-refractivity contribution in [1.29, 1.82) is 0 Å². The third-order valence-electron chi connectivity index (χ3n) is 4.09. The summed E-state index contributed by atoms with van der Waals surface area (Å²) in [5.74, 6) is 0.768. The van der Waals surface area contributed by atoms with Gasteiger partial charge in [0.25, 0.3) is 0 Å². The van der Waals surface area contributed by atoms with Crippen molar-refractivity contribution in [2.75, 3.05) is 13.1 Å². The second-order valence-electron chi connectivity index (χ2n) is 5.46. The third kappa shape index (κ3) is 2.27. The molecule has 1 aromatic carbocycles. The summed E-state index contributed by atoms with van der Waals surface area (Å²) in [4.78, 5) is 0. The van der Waals surface area contributed by atoms with Crippen LogP contribution in [0, 0.1) is 5.92 Å². The molecule has 3 rings (SSSR count). The number of hydrogen-bond donors (Lipinski definition) is 2. The van der Waals surface area contributed by atoms with Gasteiger partial charge in [-0.25, -0.2) is 0 Å². The van der Waals surface area contributed by atoms with Gasteiger partial charge in [0.1, 0.15) is 11.4 Å². The van der Waals surface area contributed by atoms with Crippen molar-refractivity contribution in [2.24, 2.45) is 5.92 Å². The van der Waals surface area contributed by atoms with Crippen molar-refractivity contribution in [2.45, 2.75) is 25.4 Å². The van der Waals surface area contributed by atoms with E-state index in [9.17, 15) is 5.11 Å². The Balaban J connectivity index is 2.00. The Hall–Kier alpha value is -1.03. The first-order valence-electron chi connectivity index (χ1n) is 6.70. The van der Waals surface area contributed by atoms with Gasteiger partial charge in [-0.3, -0.25) is 0 Å². The first-order valence-corrected chi connectivity index (χ1v) is 7.08. The highest BCUT2D eigenvalue weighted by Crippen LogP contribution is 2.37. The van der Waals surface area contributed by atoms with E-state index in [1.165, 1.54) is 0 Å². The fraction of sp³-hybridized carbons (Fsp3) is 0.467. The van der Waals surface area contributed by atoms with Crippen LogP contribution < -0.4 is 5.32 Å². The van der Waals surface area contributed by atoms with E-state index in [4.69, 9.17) is 16.0 Å². The van der Waals surface area contributed by atoms with Crippen LogP contribution in [-0.4, -0.2) is 18.2 Å². The van der Waals surface area contributed by atoms with Crippen LogP contribution in [0.1, 0.15) is 25.5 Å². The lowest BCUT2D eigenvalue weighted by Crippen LogP contribution is -2.42. The molecule has 1 aromatic heterocycles. The topological polar surface area (TPSA) is 45.4 Å². The number of aliphatic hydroxyl groups is 1. The molecule has 0 saturated carbocycles. The molecule has 0 bridgehead atoms. The van der Waals surface area contributed by atoms with Gasteiger partial charge in [-0.1, -0.05) is 23.7 Å². The van der Waals surface area contributed by atoms with Gasteiger partial charge < -0.3 is 14.8 Å². The van der Waals surface area contributed by atoms with Crippen LogP contribution in [0.15, 0.2) is 28.7 Å². The summed E-state index contributed by atoms with van der Waals surface area (Å²) >= 11 is 6.12. The summed E-state index contributed by atoms with van der Waals surface area (Å²) in [6.07, 6.45) is 2.09. The number of hydrogen-bond acceptors (Lipinski definition) is 3. The molecule has 2 unspecified atom stereocenters. The summed E-state index contributed by atoms with van der Waals surface area (Å²) in [6.45, 7) is 3.67. The Morgan fingerprint density at radius 3 is 3.00 bits per heavy atom. The van der Waals surface area contributed by atoms with Gasteiger partial charge in [-0.2, -0.15) is 0 Å². The molecule has 1 fully saturated rings. The molecular weight excluding hydrogens is 262 g/mol. The zero-order valence-corrected chi connectivity index (χ0v) is 11.7. The van der Waals surface area contributed by atoms with Crippen LogP contribution in [0.5, 0.6) is 0 Å². The molecule has 2 aromatic rings. The van der Waals surface area contributed by atoms with Crippen molar-refractivity contribution in [3.05, 3.63) is 35.0 Å². The second-order valence-corrected chi connectivity index (χ2v) is 5.87. The standard InChI is InChI=1S/C15H18ClNO2/c1-15(18,11-5-3-7-17-9-11)13-8-10-4-2-6-12(16)14(10)19-13/h2,4,6,8,11,17-18H,3,5,7,9H2,1H3. The zero-order valence-electron chi connectivity index (χ0n) is 10.9. The van der Waals surface area contributed by atoms with E-state index in [1.54, 1.807) is 6.07 Å². The van der Waals surface area contributed by atoms with Gasteiger partial charge in [0.2, 0.25) is 0 Å². The molecule has 2 atom stereocenters. The highest BCUT2D eigenvalue weighted by Gasteiger charge is 2.37. The van der Waals surface area contributed by atoms with Crippen molar-refractivity contribution in [3.8, 4) is 0 Å². The minimum atomic E-state index is -0.963. The van der Waals surface area contributed by atoms with Gasteiger partial charge in [-0.05, 0) is 38.4 Å². The smallest absolute Gasteiger partial charge is 0.153 e. The molecule has 3 nitrogen and oxygen atoms in total. The van der Waals surface area contributed by atoms with Crippen molar-refractivity contribution in [3.63, 3.8) is 0 Å². The van der Waals surface area contributed by atoms with Gasteiger partial charge in [-0.15, -0.1) is 0 Å². The summed E-state index contributed by atoms with van der Waals surface area (Å²) in [5, 5.41) is 15.7. The van der Waals surface area contributed by atoms with Gasteiger partial charge >= 0.3 is 0 Å². The lowest BCUT2D eigenvalue weighted by molar-refractivity contribution is -0.0324. The quantitative estimate of drug-likeness (QED) is 0.887. The summed E-state index contributed by atoms with van der Waals surface area (Å²) in [6, 6.07) is 7.54. The maximum atomic E-state index is 10.8. The highest BCUT2D eigenvalue weighted by atomic mass is 35.5. The Kier molecular flexibility index (Phi) is 3.29. The lowest BCUT2D eigenvalue weighted by Gasteiger charge is -2.34. The number of furan rings is 1. The molecule has 0 spiro atoms. The lowest BCUT2D eigenvalue weighted by atomic mass is 9.82. The van der Waals surface area contributed by atoms with E-state index < -0.39 is 5.60 Å². The SMILES string of the molecule is CC(O)(c1cc2cccc(Cl)c2o1)C1CCCNC1. The van der Waals surface area contributed by atoms with Gasteiger partial charge in [0.15, 0.2) is 5.58 Å². The molecule has 2 N–H and O–H groups in total. The van der Waals surface area contributed by atoms with Crippen molar-refractivity contribution in [1.82, 2.24) is 5.32 Å². The van der Waals surface area contributed by atoms with Crippen LogP contribution in [0.25, 0.3) is 11.0 Å². The molecule has 1 aliphatic rings.